The van der Waals surface area contributed by atoms with E-state index in [9.17, 15) is 31.1 Å². The lowest BCUT2D eigenvalue weighted by Crippen LogP contribution is -2.55. The third-order valence-electron chi connectivity index (χ3n) is 7.48. The van der Waals surface area contributed by atoms with E-state index in [1.165, 1.54) is 24.3 Å². The monoisotopic (exact) mass is 576 g/mol. The molecule has 2 heterocycles. The third kappa shape index (κ3) is 5.24. The second-order valence-corrected chi connectivity index (χ2v) is 13.5. The Kier molecular flexibility index (Phi) is 6.91. The Morgan fingerprint density at radius 3 is 2.56 bits per heavy atom. The van der Waals surface area contributed by atoms with Crippen molar-refractivity contribution in [2.45, 2.75) is 50.1 Å². The normalized spacial score (nSPS) is 24.4. The second-order valence-electron chi connectivity index (χ2n) is 10.1. The van der Waals surface area contributed by atoms with E-state index in [1.54, 1.807) is 17.0 Å². The first kappa shape index (κ1) is 27.1. The first-order chi connectivity index (χ1) is 18.4. The molecular weight excluding hydrogens is 547 g/mol. The van der Waals surface area contributed by atoms with Crippen LogP contribution in [0.2, 0.25) is 0 Å². The van der Waals surface area contributed by atoms with Gasteiger partial charge in [-0.15, -0.1) is 4.40 Å². The number of hydrogen-bond donors (Lipinski definition) is 3. The predicted molar refractivity (Wildman–Crippen MR) is 145 cm³/mol. The van der Waals surface area contributed by atoms with Crippen molar-refractivity contribution in [2.24, 2.45) is 16.2 Å². The summed E-state index contributed by atoms with van der Waals surface area (Å²) >= 11 is 0. The summed E-state index contributed by atoms with van der Waals surface area (Å²) in [5, 5.41) is 14.3. The molecule has 3 N–H and O–H groups in total. The van der Waals surface area contributed by atoms with Crippen LogP contribution in [0.25, 0.3) is 0 Å². The number of benzene rings is 2. The van der Waals surface area contributed by atoms with Crippen molar-refractivity contribution in [3.63, 3.8) is 0 Å². The van der Waals surface area contributed by atoms with E-state index < -0.39 is 37.7 Å². The number of nitrogens with zero attached hydrogens (tertiary/aromatic N) is 2. The average molecular weight is 577 g/mol. The lowest BCUT2D eigenvalue weighted by Gasteiger charge is -2.48. The summed E-state index contributed by atoms with van der Waals surface area (Å²) in [5.74, 6) is -1.74. The van der Waals surface area contributed by atoms with Gasteiger partial charge in [-0.1, -0.05) is 31.9 Å². The molecule has 2 aromatic carbocycles. The van der Waals surface area contributed by atoms with Gasteiger partial charge in [0.1, 0.15) is 22.0 Å². The highest BCUT2D eigenvalue weighted by Crippen LogP contribution is 2.44. The van der Waals surface area contributed by atoms with E-state index in [2.05, 4.69) is 14.4 Å². The molecule has 0 radical (unpaired) electrons. The summed E-state index contributed by atoms with van der Waals surface area (Å²) in [7, 11) is -8.01. The summed E-state index contributed by atoms with van der Waals surface area (Å²) in [6.45, 7) is 2.19. The van der Waals surface area contributed by atoms with Crippen LogP contribution in [0.3, 0.4) is 0 Å². The van der Waals surface area contributed by atoms with Gasteiger partial charge in [-0.2, -0.15) is 8.42 Å². The first-order valence-corrected chi connectivity index (χ1v) is 15.9. The van der Waals surface area contributed by atoms with E-state index >= 15 is 0 Å². The molecule has 0 saturated heterocycles. The van der Waals surface area contributed by atoms with Crippen LogP contribution in [-0.2, 0) is 31.4 Å². The molecule has 1 amide bonds. The van der Waals surface area contributed by atoms with E-state index in [0.717, 1.165) is 31.6 Å². The van der Waals surface area contributed by atoms with Crippen molar-refractivity contribution < 1.29 is 31.1 Å². The number of sulfonamides is 2. The fourth-order valence-electron chi connectivity index (χ4n) is 5.79. The van der Waals surface area contributed by atoms with Crippen molar-refractivity contribution in [2.75, 3.05) is 16.3 Å². The Balaban J connectivity index is 1.57. The number of anilines is 2. The van der Waals surface area contributed by atoms with E-state index in [-0.39, 0.29) is 51.9 Å². The van der Waals surface area contributed by atoms with Gasteiger partial charge in [-0.3, -0.25) is 9.52 Å². The maximum Gasteiger partial charge on any atom is 0.286 e. The number of fused-ring (bicyclic) bond motifs is 2. The molecule has 208 valence electrons. The number of amidine groups is 1. The molecule has 39 heavy (non-hydrogen) atoms. The zero-order valence-electron chi connectivity index (χ0n) is 21.4. The van der Waals surface area contributed by atoms with Crippen LogP contribution in [0.5, 0.6) is 0 Å². The minimum absolute atomic E-state index is 0.0391. The van der Waals surface area contributed by atoms with Gasteiger partial charge in [0.25, 0.3) is 15.9 Å². The summed E-state index contributed by atoms with van der Waals surface area (Å²) in [6.07, 6.45) is 4.08. The molecule has 5 rings (SSSR count). The third-order valence-corrected chi connectivity index (χ3v) is 9.40. The van der Waals surface area contributed by atoms with Crippen LogP contribution >= 0.6 is 0 Å². The first-order valence-electron chi connectivity index (χ1n) is 12.6. The van der Waals surface area contributed by atoms with Gasteiger partial charge in [0.2, 0.25) is 10.0 Å². The number of aliphatic hydroxyl groups is 1. The number of nitrogens with one attached hydrogen (secondary N) is 2. The molecule has 0 aromatic heterocycles. The largest absolute Gasteiger partial charge is 0.511 e. The molecule has 1 unspecified atom stereocenters. The lowest BCUT2D eigenvalue weighted by atomic mass is 9.71. The van der Waals surface area contributed by atoms with Crippen LogP contribution in [0.15, 0.2) is 63.1 Å². The number of carbonyl (C=O) groups excluding carboxylic acids is 1. The second kappa shape index (κ2) is 9.94. The highest BCUT2D eigenvalue weighted by atomic mass is 32.2. The molecule has 3 aliphatic rings. The lowest BCUT2D eigenvalue weighted by molar-refractivity contribution is -0.135. The fraction of sp³-hybridized carbons (Fsp3) is 0.385. The van der Waals surface area contributed by atoms with Crippen molar-refractivity contribution >= 4 is 43.2 Å². The summed E-state index contributed by atoms with van der Waals surface area (Å²) in [6, 6.07) is 9.41. The number of carbonyl (C=O) groups is 1. The van der Waals surface area contributed by atoms with Crippen molar-refractivity contribution in [3.8, 4) is 0 Å². The van der Waals surface area contributed by atoms with Crippen LogP contribution < -0.4 is 10.0 Å². The molecule has 1 aliphatic carbocycles. The molecule has 1 fully saturated rings. The van der Waals surface area contributed by atoms with E-state index in [1.807, 2.05) is 6.92 Å². The SMILES string of the molecule is CCC1CCC[C@H]2C(O)=C(C3=NS(=O)(=O)c4cc(NS(C)(=O)=O)ccc4N3)C(=O)N(Cc3ccc(F)cc3)[C@@H]12. The predicted octanol–water partition coefficient (Wildman–Crippen LogP) is 3.76. The quantitative estimate of drug-likeness (QED) is 0.475. The maximum absolute atomic E-state index is 14.0. The van der Waals surface area contributed by atoms with Crippen molar-refractivity contribution in [3.05, 3.63) is 65.2 Å². The minimum Gasteiger partial charge on any atom is -0.511 e. The summed E-state index contributed by atoms with van der Waals surface area (Å²) < 4.78 is 69.2. The average Bonchev–Trinajstić information content (AvgIpc) is 2.86. The number of hydrogen-bond acceptors (Lipinski definition) is 7. The Bertz CT molecular complexity index is 1600. The van der Waals surface area contributed by atoms with Gasteiger partial charge in [0.15, 0.2) is 5.84 Å². The molecule has 0 bridgehead atoms. The zero-order valence-corrected chi connectivity index (χ0v) is 23.0. The molecule has 2 aliphatic heterocycles. The summed E-state index contributed by atoms with van der Waals surface area (Å²) in [4.78, 5) is 15.4. The minimum atomic E-state index is -4.36. The van der Waals surface area contributed by atoms with Gasteiger partial charge in [-0.25, -0.2) is 12.8 Å². The summed E-state index contributed by atoms with van der Waals surface area (Å²) in [5.41, 5.74) is 0.612. The Morgan fingerprint density at radius 2 is 1.90 bits per heavy atom. The van der Waals surface area contributed by atoms with Gasteiger partial charge < -0.3 is 15.3 Å². The highest BCUT2D eigenvalue weighted by Gasteiger charge is 2.48. The van der Waals surface area contributed by atoms with Gasteiger partial charge in [0.05, 0.1) is 11.9 Å². The van der Waals surface area contributed by atoms with Gasteiger partial charge >= 0.3 is 0 Å². The number of rotatable bonds is 6. The number of aliphatic hydroxyl groups excluding tert-OH is 1. The Morgan fingerprint density at radius 1 is 1.18 bits per heavy atom. The zero-order chi connectivity index (χ0) is 28.1. The van der Waals surface area contributed by atoms with Crippen LogP contribution in [0.1, 0.15) is 38.2 Å². The van der Waals surface area contributed by atoms with Crippen molar-refractivity contribution in [1.82, 2.24) is 4.90 Å². The molecule has 13 heteroatoms. The van der Waals surface area contributed by atoms with Crippen LogP contribution in [0.4, 0.5) is 15.8 Å². The number of amides is 1. The van der Waals surface area contributed by atoms with Crippen LogP contribution in [-0.4, -0.2) is 50.9 Å². The van der Waals surface area contributed by atoms with Crippen molar-refractivity contribution in [1.29, 1.82) is 0 Å². The molecular formula is C26H29FN4O6S2. The molecule has 2 aromatic rings. The Labute approximate surface area is 226 Å². The standard InChI is InChI=1S/C26H29FN4O6S2/c1-3-16-5-4-6-19-23(16)31(14-15-7-9-17(27)10-8-15)26(33)22(24(19)32)25-28-20-12-11-18(29-38(2,34)35)13-21(20)39(36,37)30-25/h7-13,16,19,23,29,32H,3-6,14H2,1-2H3,(H,28,30)/t16?,19-,23+/m1/s1. The smallest absolute Gasteiger partial charge is 0.286 e. The molecule has 10 nitrogen and oxygen atoms in total. The maximum atomic E-state index is 14.0. The fourth-order valence-corrected chi connectivity index (χ4v) is 7.49. The van der Waals surface area contributed by atoms with E-state index in [0.29, 0.717) is 12.0 Å². The molecule has 3 atom stereocenters. The van der Waals surface area contributed by atoms with E-state index in [4.69, 9.17) is 0 Å². The highest BCUT2D eigenvalue weighted by molar-refractivity contribution is 7.92. The topological polar surface area (TPSA) is 145 Å². The van der Waals surface area contributed by atoms with Gasteiger partial charge in [-0.05, 0) is 54.7 Å². The van der Waals surface area contributed by atoms with Crippen LogP contribution in [0, 0.1) is 17.7 Å². The Hall–Kier alpha value is -3.45. The number of halogens is 1. The van der Waals surface area contributed by atoms with Gasteiger partial charge in [0, 0.05) is 24.2 Å². The molecule has 1 saturated carbocycles. The molecule has 0 spiro atoms.